The molecule has 0 saturated carbocycles. The van der Waals surface area contributed by atoms with Crippen LogP contribution in [0.1, 0.15) is 31.4 Å². The molecule has 2 aromatic carbocycles. The van der Waals surface area contributed by atoms with Gasteiger partial charge in [-0.3, -0.25) is 0 Å². The Balaban J connectivity index is 2.41. The van der Waals surface area contributed by atoms with Crippen molar-refractivity contribution < 1.29 is 0 Å². The number of rotatable bonds is 4. The van der Waals surface area contributed by atoms with Crippen molar-refractivity contribution in [2.45, 2.75) is 25.8 Å². The number of hydrogen-bond donors (Lipinski definition) is 1. The van der Waals surface area contributed by atoms with Gasteiger partial charge in [-0.25, -0.2) is 0 Å². The van der Waals surface area contributed by atoms with Crippen molar-refractivity contribution in [3.05, 3.63) is 60.2 Å². The standard InChI is InChI=1S/C16H19N/c1-2-8-16(17)15-12-7-6-11-14(15)13-9-4-3-5-10-13/h3-7,9-12,16H,2,8,17H2,1H3/t16-/m1/s1. The highest BCUT2D eigenvalue weighted by Crippen LogP contribution is 2.28. The number of nitrogens with two attached hydrogens (primary N) is 1. The molecular formula is C16H19N. The molecule has 17 heavy (non-hydrogen) atoms. The van der Waals surface area contributed by atoms with Crippen LogP contribution >= 0.6 is 0 Å². The summed E-state index contributed by atoms with van der Waals surface area (Å²) in [5.41, 5.74) is 10.00. The van der Waals surface area contributed by atoms with E-state index in [9.17, 15) is 0 Å². The van der Waals surface area contributed by atoms with Crippen LogP contribution in [0.15, 0.2) is 54.6 Å². The lowest BCUT2D eigenvalue weighted by Gasteiger charge is -2.16. The van der Waals surface area contributed by atoms with Crippen molar-refractivity contribution in [1.29, 1.82) is 0 Å². The second-order valence-corrected chi connectivity index (χ2v) is 4.35. The van der Waals surface area contributed by atoms with Crippen molar-refractivity contribution in [3.8, 4) is 11.1 Å². The van der Waals surface area contributed by atoms with Crippen LogP contribution in [0.4, 0.5) is 0 Å². The first-order valence-electron chi connectivity index (χ1n) is 6.23. The molecule has 0 spiro atoms. The maximum atomic E-state index is 6.24. The first kappa shape index (κ1) is 11.9. The smallest absolute Gasteiger partial charge is 0.0300 e. The Morgan fingerprint density at radius 2 is 1.59 bits per heavy atom. The molecule has 2 aromatic rings. The fourth-order valence-electron chi connectivity index (χ4n) is 2.17. The van der Waals surface area contributed by atoms with Gasteiger partial charge in [0, 0.05) is 6.04 Å². The Labute approximate surface area is 103 Å². The van der Waals surface area contributed by atoms with Crippen LogP contribution in [0.25, 0.3) is 11.1 Å². The molecular weight excluding hydrogens is 206 g/mol. The van der Waals surface area contributed by atoms with E-state index < -0.39 is 0 Å². The van der Waals surface area contributed by atoms with Crippen LogP contribution in [-0.2, 0) is 0 Å². The Bertz CT molecular complexity index is 462. The van der Waals surface area contributed by atoms with Gasteiger partial charge in [0.2, 0.25) is 0 Å². The van der Waals surface area contributed by atoms with Gasteiger partial charge < -0.3 is 5.73 Å². The quantitative estimate of drug-likeness (QED) is 0.831. The van der Waals surface area contributed by atoms with E-state index in [1.807, 2.05) is 6.07 Å². The first-order valence-corrected chi connectivity index (χ1v) is 6.23. The molecule has 0 aliphatic carbocycles. The molecule has 0 aliphatic rings. The van der Waals surface area contributed by atoms with E-state index in [0.717, 1.165) is 12.8 Å². The minimum Gasteiger partial charge on any atom is -0.324 e. The molecule has 0 fully saturated rings. The van der Waals surface area contributed by atoms with Crippen molar-refractivity contribution >= 4 is 0 Å². The molecule has 0 bridgehead atoms. The summed E-state index contributed by atoms with van der Waals surface area (Å²) in [6, 6.07) is 19.0. The molecule has 1 heteroatoms. The predicted octanol–water partition coefficient (Wildman–Crippen LogP) is 4.15. The first-order chi connectivity index (χ1) is 8.33. The van der Waals surface area contributed by atoms with Gasteiger partial charge >= 0.3 is 0 Å². The van der Waals surface area contributed by atoms with Crippen molar-refractivity contribution in [2.75, 3.05) is 0 Å². The van der Waals surface area contributed by atoms with E-state index >= 15 is 0 Å². The molecule has 88 valence electrons. The maximum Gasteiger partial charge on any atom is 0.0300 e. The van der Waals surface area contributed by atoms with Crippen LogP contribution in [-0.4, -0.2) is 0 Å². The molecule has 1 atom stereocenters. The minimum absolute atomic E-state index is 0.136. The topological polar surface area (TPSA) is 26.0 Å². The van der Waals surface area contributed by atoms with Gasteiger partial charge in [0.05, 0.1) is 0 Å². The zero-order valence-corrected chi connectivity index (χ0v) is 10.3. The lowest BCUT2D eigenvalue weighted by Crippen LogP contribution is -2.10. The van der Waals surface area contributed by atoms with Crippen LogP contribution in [0.2, 0.25) is 0 Å². The van der Waals surface area contributed by atoms with Gasteiger partial charge in [0.25, 0.3) is 0 Å². The maximum absolute atomic E-state index is 6.24. The lowest BCUT2D eigenvalue weighted by molar-refractivity contribution is 0.640. The van der Waals surface area contributed by atoms with Crippen molar-refractivity contribution in [2.24, 2.45) is 5.73 Å². The lowest BCUT2D eigenvalue weighted by atomic mass is 9.93. The third-order valence-electron chi connectivity index (χ3n) is 3.04. The molecule has 2 N–H and O–H groups in total. The predicted molar refractivity (Wildman–Crippen MR) is 73.7 cm³/mol. The summed E-state index contributed by atoms with van der Waals surface area (Å²) in [6.45, 7) is 2.17. The summed E-state index contributed by atoms with van der Waals surface area (Å²) in [5, 5.41) is 0. The molecule has 0 amide bonds. The van der Waals surface area contributed by atoms with Gasteiger partial charge in [-0.15, -0.1) is 0 Å². The molecule has 0 aromatic heterocycles. The Morgan fingerprint density at radius 3 is 2.29 bits per heavy atom. The molecule has 1 nitrogen and oxygen atoms in total. The van der Waals surface area contributed by atoms with E-state index in [4.69, 9.17) is 5.73 Å². The third-order valence-corrected chi connectivity index (χ3v) is 3.04. The van der Waals surface area contributed by atoms with E-state index in [1.165, 1.54) is 16.7 Å². The van der Waals surface area contributed by atoms with Gasteiger partial charge in [-0.1, -0.05) is 67.9 Å². The average Bonchev–Trinajstić information content (AvgIpc) is 2.40. The zero-order valence-electron chi connectivity index (χ0n) is 10.3. The molecule has 0 radical (unpaired) electrons. The van der Waals surface area contributed by atoms with Crippen molar-refractivity contribution in [3.63, 3.8) is 0 Å². The third kappa shape index (κ3) is 2.75. The number of benzene rings is 2. The van der Waals surface area contributed by atoms with E-state index in [1.54, 1.807) is 0 Å². The van der Waals surface area contributed by atoms with Gasteiger partial charge in [0.1, 0.15) is 0 Å². The van der Waals surface area contributed by atoms with Gasteiger partial charge in [-0.2, -0.15) is 0 Å². The van der Waals surface area contributed by atoms with Gasteiger partial charge in [-0.05, 0) is 23.1 Å². The zero-order chi connectivity index (χ0) is 12.1. The second-order valence-electron chi connectivity index (χ2n) is 4.35. The van der Waals surface area contributed by atoms with Gasteiger partial charge in [0.15, 0.2) is 0 Å². The summed E-state index contributed by atoms with van der Waals surface area (Å²) < 4.78 is 0. The van der Waals surface area contributed by atoms with Crippen LogP contribution < -0.4 is 5.73 Å². The highest BCUT2D eigenvalue weighted by Gasteiger charge is 2.10. The monoisotopic (exact) mass is 225 g/mol. The van der Waals surface area contributed by atoms with Crippen LogP contribution in [0.3, 0.4) is 0 Å². The summed E-state index contributed by atoms with van der Waals surface area (Å²) in [4.78, 5) is 0. The summed E-state index contributed by atoms with van der Waals surface area (Å²) >= 11 is 0. The van der Waals surface area contributed by atoms with Crippen molar-refractivity contribution in [1.82, 2.24) is 0 Å². The normalized spacial score (nSPS) is 12.4. The second kappa shape index (κ2) is 5.65. The molecule has 0 heterocycles. The minimum atomic E-state index is 0.136. The van der Waals surface area contributed by atoms with E-state index in [0.29, 0.717) is 0 Å². The highest BCUT2D eigenvalue weighted by molar-refractivity contribution is 5.67. The Kier molecular flexibility index (Phi) is 3.94. The molecule has 2 rings (SSSR count). The summed E-state index contributed by atoms with van der Waals surface area (Å²) in [7, 11) is 0. The molecule has 0 aliphatic heterocycles. The largest absolute Gasteiger partial charge is 0.324 e. The average molecular weight is 225 g/mol. The Morgan fingerprint density at radius 1 is 0.941 bits per heavy atom. The van der Waals surface area contributed by atoms with Crippen LogP contribution in [0, 0.1) is 0 Å². The SMILES string of the molecule is CCC[C@@H](N)c1ccccc1-c1ccccc1. The molecule has 0 unspecified atom stereocenters. The molecule has 0 saturated heterocycles. The Hall–Kier alpha value is -1.60. The number of hydrogen-bond acceptors (Lipinski definition) is 1. The fraction of sp³-hybridized carbons (Fsp3) is 0.250. The summed E-state index contributed by atoms with van der Waals surface area (Å²) in [5.74, 6) is 0. The van der Waals surface area contributed by atoms with E-state index in [2.05, 4.69) is 55.5 Å². The van der Waals surface area contributed by atoms with Crippen LogP contribution in [0.5, 0.6) is 0 Å². The van der Waals surface area contributed by atoms with E-state index in [-0.39, 0.29) is 6.04 Å². The fourth-order valence-corrected chi connectivity index (χ4v) is 2.17. The summed E-state index contributed by atoms with van der Waals surface area (Å²) in [6.07, 6.45) is 2.15. The highest BCUT2D eigenvalue weighted by atomic mass is 14.6.